The first kappa shape index (κ1) is 20.9. The van der Waals surface area contributed by atoms with Crippen LogP contribution in [0.3, 0.4) is 0 Å². The molecule has 0 aliphatic rings. The average molecular weight is 412 g/mol. The molecule has 1 N–H and O–H groups in total. The highest BCUT2D eigenvalue weighted by Gasteiger charge is 2.22. The molecule has 1 rings (SSSR count). The first-order valence-corrected chi connectivity index (χ1v) is 8.58. The van der Waals surface area contributed by atoms with Crippen molar-refractivity contribution in [3.05, 3.63) is 40.4 Å². The molecule has 0 aromatic heterocycles. The number of nitrogens with one attached hydrogen (secondary N) is 1. The highest BCUT2D eigenvalue weighted by molar-refractivity contribution is 9.10. The maximum Gasteiger partial charge on any atom is 0.331 e. The van der Waals surface area contributed by atoms with E-state index in [1.54, 1.807) is 6.08 Å². The van der Waals surface area contributed by atoms with Gasteiger partial charge in [0, 0.05) is 10.5 Å². The molecule has 0 radical (unpaired) electrons. The molecule has 0 spiro atoms. The van der Waals surface area contributed by atoms with Crippen LogP contribution in [-0.2, 0) is 23.9 Å². The third kappa shape index (κ3) is 8.49. The van der Waals surface area contributed by atoms with Crippen molar-refractivity contribution in [1.29, 1.82) is 0 Å². The van der Waals surface area contributed by atoms with Crippen LogP contribution in [0.15, 0.2) is 34.8 Å². The zero-order valence-electron chi connectivity index (χ0n) is 14.5. The fraction of sp³-hybridized carbons (Fsp3) is 0.389. The largest absolute Gasteiger partial charge is 0.467 e. The van der Waals surface area contributed by atoms with Crippen molar-refractivity contribution in [2.45, 2.75) is 26.3 Å². The Balaban J connectivity index is 2.47. The van der Waals surface area contributed by atoms with Gasteiger partial charge < -0.3 is 14.8 Å². The Kier molecular flexibility index (Phi) is 8.91. The van der Waals surface area contributed by atoms with E-state index in [2.05, 4.69) is 26.0 Å². The molecule has 1 aromatic carbocycles. The molecule has 0 fully saturated rings. The maximum atomic E-state index is 11.8. The standard InChI is InChI=1S/C18H22BrNO5/c1-12(2)10-15(18(23)24-3)20-16(21)11-25-17(22)9-6-13-4-7-14(19)8-5-13/h4-9,12,15H,10-11H2,1-3H3,(H,20,21)/b9-6+/t15-/m0/s1. The third-order valence-corrected chi connectivity index (χ3v) is 3.68. The lowest BCUT2D eigenvalue weighted by Gasteiger charge is -2.18. The van der Waals surface area contributed by atoms with Gasteiger partial charge in [0.25, 0.3) is 5.91 Å². The zero-order valence-corrected chi connectivity index (χ0v) is 16.0. The third-order valence-electron chi connectivity index (χ3n) is 3.16. The zero-order chi connectivity index (χ0) is 18.8. The molecule has 0 bridgehead atoms. The van der Waals surface area contributed by atoms with Gasteiger partial charge in [0.1, 0.15) is 6.04 Å². The van der Waals surface area contributed by atoms with E-state index in [1.165, 1.54) is 13.2 Å². The number of methoxy groups -OCH3 is 1. The van der Waals surface area contributed by atoms with Gasteiger partial charge in [-0.05, 0) is 36.1 Å². The number of carbonyl (C=O) groups is 3. The number of amides is 1. The second-order valence-electron chi connectivity index (χ2n) is 5.77. The van der Waals surface area contributed by atoms with Gasteiger partial charge in [0.2, 0.25) is 0 Å². The highest BCUT2D eigenvalue weighted by Crippen LogP contribution is 2.11. The highest BCUT2D eigenvalue weighted by atomic mass is 79.9. The summed E-state index contributed by atoms with van der Waals surface area (Å²) >= 11 is 3.32. The minimum atomic E-state index is -0.755. The van der Waals surface area contributed by atoms with E-state index in [0.29, 0.717) is 6.42 Å². The van der Waals surface area contributed by atoms with Crippen LogP contribution in [-0.4, -0.2) is 37.6 Å². The molecule has 0 heterocycles. The Hall–Kier alpha value is -2.15. The minimum absolute atomic E-state index is 0.195. The summed E-state index contributed by atoms with van der Waals surface area (Å²) < 4.78 is 10.5. The Morgan fingerprint density at radius 1 is 1.20 bits per heavy atom. The first-order chi connectivity index (χ1) is 11.8. The van der Waals surface area contributed by atoms with Crippen molar-refractivity contribution in [1.82, 2.24) is 5.32 Å². The summed E-state index contributed by atoms with van der Waals surface area (Å²) in [6.45, 7) is 3.39. The van der Waals surface area contributed by atoms with Gasteiger partial charge in [0.15, 0.2) is 6.61 Å². The van der Waals surface area contributed by atoms with E-state index in [1.807, 2.05) is 38.1 Å². The smallest absolute Gasteiger partial charge is 0.331 e. The van der Waals surface area contributed by atoms with Crippen LogP contribution in [0.2, 0.25) is 0 Å². The number of rotatable bonds is 8. The summed E-state index contributed by atoms with van der Waals surface area (Å²) in [5.74, 6) is -1.53. The molecule has 136 valence electrons. The molecule has 0 saturated carbocycles. The Bertz CT molecular complexity index is 625. The van der Waals surface area contributed by atoms with Crippen LogP contribution >= 0.6 is 15.9 Å². The van der Waals surface area contributed by atoms with Gasteiger partial charge >= 0.3 is 11.9 Å². The van der Waals surface area contributed by atoms with Gasteiger partial charge in [-0.3, -0.25) is 4.79 Å². The maximum absolute atomic E-state index is 11.8. The SMILES string of the molecule is COC(=O)[C@H](CC(C)C)NC(=O)COC(=O)/C=C/c1ccc(Br)cc1. The quantitative estimate of drug-likeness (QED) is 0.525. The van der Waals surface area contributed by atoms with E-state index in [0.717, 1.165) is 10.0 Å². The molecule has 0 aliphatic heterocycles. The van der Waals surface area contributed by atoms with Crippen molar-refractivity contribution in [3.63, 3.8) is 0 Å². The molecule has 1 atom stereocenters. The van der Waals surface area contributed by atoms with Crippen molar-refractivity contribution in [2.75, 3.05) is 13.7 Å². The monoisotopic (exact) mass is 411 g/mol. The number of carbonyl (C=O) groups excluding carboxylic acids is 3. The topological polar surface area (TPSA) is 81.7 Å². The van der Waals surface area contributed by atoms with Crippen LogP contribution in [0.5, 0.6) is 0 Å². The summed E-state index contributed by atoms with van der Waals surface area (Å²) in [6, 6.07) is 6.59. The van der Waals surface area contributed by atoms with Gasteiger partial charge in [-0.25, -0.2) is 9.59 Å². The van der Waals surface area contributed by atoms with Gasteiger partial charge in [-0.2, -0.15) is 0 Å². The van der Waals surface area contributed by atoms with E-state index in [9.17, 15) is 14.4 Å². The van der Waals surface area contributed by atoms with Crippen molar-refractivity contribution < 1.29 is 23.9 Å². The second kappa shape index (κ2) is 10.7. The molecule has 0 saturated heterocycles. The fourth-order valence-corrected chi connectivity index (χ4v) is 2.25. The fourth-order valence-electron chi connectivity index (χ4n) is 1.99. The van der Waals surface area contributed by atoms with Gasteiger partial charge in [-0.15, -0.1) is 0 Å². The van der Waals surface area contributed by atoms with Crippen LogP contribution in [0.1, 0.15) is 25.8 Å². The number of ether oxygens (including phenoxy) is 2. The number of esters is 2. The molecular weight excluding hydrogens is 390 g/mol. The molecule has 0 aliphatic carbocycles. The Morgan fingerprint density at radius 3 is 2.40 bits per heavy atom. The summed E-state index contributed by atoms with van der Waals surface area (Å²) in [4.78, 5) is 35.1. The van der Waals surface area contributed by atoms with Crippen molar-refractivity contribution in [2.24, 2.45) is 5.92 Å². The molecule has 0 unspecified atom stereocenters. The second-order valence-corrected chi connectivity index (χ2v) is 6.68. The summed E-state index contributed by atoms with van der Waals surface area (Å²) in [7, 11) is 1.26. The number of hydrogen-bond acceptors (Lipinski definition) is 5. The van der Waals surface area contributed by atoms with E-state index in [4.69, 9.17) is 4.74 Å². The molecule has 7 heteroatoms. The predicted molar refractivity (Wildman–Crippen MR) is 97.5 cm³/mol. The van der Waals surface area contributed by atoms with Crippen molar-refractivity contribution >= 4 is 39.9 Å². The van der Waals surface area contributed by atoms with Gasteiger partial charge in [0.05, 0.1) is 7.11 Å². The first-order valence-electron chi connectivity index (χ1n) is 7.79. The summed E-state index contributed by atoms with van der Waals surface area (Å²) in [5.41, 5.74) is 0.826. The lowest BCUT2D eigenvalue weighted by molar-refractivity contribution is -0.148. The Morgan fingerprint density at radius 2 is 1.84 bits per heavy atom. The van der Waals surface area contributed by atoms with Gasteiger partial charge in [-0.1, -0.05) is 41.9 Å². The molecule has 1 aromatic rings. The lowest BCUT2D eigenvalue weighted by Crippen LogP contribution is -2.44. The summed E-state index contributed by atoms with van der Waals surface area (Å²) in [6.07, 6.45) is 3.26. The molecule has 1 amide bonds. The van der Waals surface area contributed by atoms with Crippen LogP contribution < -0.4 is 5.32 Å². The van der Waals surface area contributed by atoms with Crippen LogP contribution in [0.25, 0.3) is 6.08 Å². The number of benzene rings is 1. The van der Waals surface area contributed by atoms with E-state index < -0.39 is 30.5 Å². The number of halogens is 1. The average Bonchev–Trinajstić information content (AvgIpc) is 2.57. The molecular formula is C18H22BrNO5. The molecule has 6 nitrogen and oxygen atoms in total. The minimum Gasteiger partial charge on any atom is -0.467 e. The summed E-state index contributed by atoms with van der Waals surface area (Å²) in [5, 5.41) is 2.51. The lowest BCUT2D eigenvalue weighted by atomic mass is 10.0. The normalized spacial score (nSPS) is 12.0. The van der Waals surface area contributed by atoms with Crippen LogP contribution in [0.4, 0.5) is 0 Å². The molecule has 25 heavy (non-hydrogen) atoms. The van der Waals surface area contributed by atoms with Crippen molar-refractivity contribution in [3.8, 4) is 0 Å². The Labute approximate surface area is 155 Å². The van der Waals surface area contributed by atoms with E-state index >= 15 is 0 Å². The predicted octanol–water partition coefficient (Wildman–Crippen LogP) is 2.71. The number of hydrogen-bond donors (Lipinski definition) is 1. The van der Waals surface area contributed by atoms with Crippen LogP contribution in [0, 0.1) is 5.92 Å². The van der Waals surface area contributed by atoms with E-state index in [-0.39, 0.29) is 5.92 Å².